The fraction of sp³-hybridized carbons (Fsp3) is 0.444. The number of aryl methyl sites for hydroxylation is 2. The van der Waals surface area contributed by atoms with Gasteiger partial charge >= 0.3 is 0 Å². The third-order valence-electron chi connectivity index (χ3n) is 4.36. The molecule has 1 saturated heterocycles. The van der Waals surface area contributed by atoms with Crippen LogP contribution in [0.3, 0.4) is 0 Å². The highest BCUT2D eigenvalue weighted by Gasteiger charge is 2.24. The monoisotopic (exact) mass is 377 g/mol. The number of benzene rings is 1. The van der Waals surface area contributed by atoms with E-state index in [9.17, 15) is 4.39 Å². The van der Waals surface area contributed by atoms with E-state index in [1.165, 1.54) is 6.07 Å². The standard InChI is InChI=1S/C16H22FN7O.C2H6/c1-10-15(11(2)25-21-10)24-7-5-23(6-8-24)14-9-12(3-4-13(14)17)16(18)20-22-19;1-2/h3-4,9,22H,5-8,19H2,1-2H3,(H2,18,20);1-2H3. The molecule has 0 aliphatic carbocycles. The van der Waals surface area contributed by atoms with Crippen molar-refractivity contribution in [1.82, 2.24) is 10.7 Å². The topological polar surface area (TPSA) is 109 Å². The van der Waals surface area contributed by atoms with Crippen molar-refractivity contribution < 1.29 is 8.91 Å². The minimum atomic E-state index is -0.289. The van der Waals surface area contributed by atoms with E-state index >= 15 is 0 Å². The minimum Gasteiger partial charge on any atom is -0.382 e. The molecule has 1 aliphatic heterocycles. The summed E-state index contributed by atoms with van der Waals surface area (Å²) in [5.41, 5.74) is 11.0. The highest BCUT2D eigenvalue weighted by molar-refractivity contribution is 5.98. The van der Waals surface area contributed by atoms with Crippen molar-refractivity contribution in [2.45, 2.75) is 27.7 Å². The Hall–Kier alpha value is -2.81. The average molecular weight is 377 g/mol. The Morgan fingerprint density at radius 2 is 1.81 bits per heavy atom. The van der Waals surface area contributed by atoms with E-state index in [-0.39, 0.29) is 11.7 Å². The number of hydrogen-bond acceptors (Lipinski definition) is 7. The number of nitrogens with zero attached hydrogens (tertiary/aromatic N) is 4. The van der Waals surface area contributed by atoms with Crippen LogP contribution in [-0.4, -0.2) is 37.2 Å². The van der Waals surface area contributed by atoms with Gasteiger partial charge < -0.3 is 20.1 Å². The molecule has 1 aromatic carbocycles. The first-order valence-electron chi connectivity index (χ1n) is 9.02. The normalized spacial score (nSPS) is 14.7. The van der Waals surface area contributed by atoms with E-state index in [4.69, 9.17) is 16.1 Å². The average Bonchev–Trinajstić information content (AvgIpc) is 3.02. The predicted octanol–water partition coefficient (Wildman–Crippen LogP) is 1.87. The van der Waals surface area contributed by atoms with Gasteiger partial charge in [-0.25, -0.2) is 15.8 Å². The van der Waals surface area contributed by atoms with Gasteiger partial charge in [0.05, 0.1) is 5.69 Å². The maximum absolute atomic E-state index is 14.3. The maximum Gasteiger partial charge on any atom is 0.157 e. The molecule has 2 heterocycles. The Balaban J connectivity index is 0.00000126. The predicted molar refractivity (Wildman–Crippen MR) is 106 cm³/mol. The molecule has 1 aliphatic rings. The molecule has 0 atom stereocenters. The maximum atomic E-state index is 14.3. The molecule has 27 heavy (non-hydrogen) atoms. The van der Waals surface area contributed by atoms with Gasteiger partial charge in [-0.2, -0.15) is 0 Å². The molecule has 1 fully saturated rings. The lowest BCUT2D eigenvalue weighted by Gasteiger charge is -2.37. The van der Waals surface area contributed by atoms with Crippen LogP contribution in [-0.2, 0) is 0 Å². The fourth-order valence-corrected chi connectivity index (χ4v) is 3.15. The molecular formula is C18H28FN7O. The van der Waals surface area contributed by atoms with Crippen LogP contribution in [0.15, 0.2) is 27.8 Å². The zero-order valence-corrected chi connectivity index (χ0v) is 16.3. The number of hydrazone groups is 1. The quantitative estimate of drug-likeness (QED) is 0.323. The van der Waals surface area contributed by atoms with Crippen molar-refractivity contribution in [3.8, 4) is 0 Å². The van der Waals surface area contributed by atoms with Crippen LogP contribution in [0, 0.1) is 19.7 Å². The lowest BCUT2D eigenvalue weighted by Crippen LogP contribution is -2.47. The van der Waals surface area contributed by atoms with Crippen molar-refractivity contribution in [2.75, 3.05) is 36.0 Å². The Bertz CT molecular complexity index is 763. The van der Waals surface area contributed by atoms with Crippen LogP contribution in [0.4, 0.5) is 15.8 Å². The molecule has 5 N–H and O–H groups in total. The number of piperazine rings is 1. The van der Waals surface area contributed by atoms with Gasteiger partial charge in [-0.05, 0) is 32.0 Å². The summed E-state index contributed by atoms with van der Waals surface area (Å²) < 4.78 is 19.5. The molecule has 8 nitrogen and oxygen atoms in total. The Morgan fingerprint density at radius 1 is 1.19 bits per heavy atom. The Morgan fingerprint density at radius 3 is 2.37 bits per heavy atom. The number of nitrogens with two attached hydrogens (primary N) is 2. The van der Waals surface area contributed by atoms with E-state index < -0.39 is 0 Å². The van der Waals surface area contributed by atoms with Crippen LogP contribution >= 0.6 is 0 Å². The van der Waals surface area contributed by atoms with Crippen molar-refractivity contribution >= 4 is 17.2 Å². The van der Waals surface area contributed by atoms with Gasteiger partial charge in [-0.3, -0.25) is 0 Å². The number of rotatable bonds is 4. The van der Waals surface area contributed by atoms with Gasteiger partial charge in [0, 0.05) is 31.7 Å². The van der Waals surface area contributed by atoms with Gasteiger partial charge in [-0.1, -0.05) is 19.0 Å². The molecule has 0 spiro atoms. The second kappa shape index (κ2) is 9.22. The van der Waals surface area contributed by atoms with E-state index in [2.05, 4.69) is 20.7 Å². The van der Waals surface area contributed by atoms with E-state index in [1.807, 2.05) is 32.6 Å². The molecular weight excluding hydrogens is 349 g/mol. The van der Waals surface area contributed by atoms with Crippen LogP contribution in [0.1, 0.15) is 30.9 Å². The van der Waals surface area contributed by atoms with Crippen molar-refractivity contribution in [3.05, 3.63) is 41.0 Å². The first-order chi connectivity index (χ1) is 13.0. The van der Waals surface area contributed by atoms with E-state index in [0.29, 0.717) is 24.3 Å². The SMILES string of the molecule is CC.Cc1noc(C)c1N1CCN(c2cc(/C(N)=N/NN)ccc2F)CC1. The summed E-state index contributed by atoms with van der Waals surface area (Å²) in [6, 6.07) is 4.66. The first-order valence-corrected chi connectivity index (χ1v) is 9.02. The van der Waals surface area contributed by atoms with Gasteiger partial charge in [0.1, 0.15) is 17.2 Å². The number of anilines is 2. The summed E-state index contributed by atoms with van der Waals surface area (Å²) >= 11 is 0. The van der Waals surface area contributed by atoms with Crippen LogP contribution in [0.5, 0.6) is 0 Å². The molecule has 148 valence electrons. The zero-order valence-electron chi connectivity index (χ0n) is 16.3. The van der Waals surface area contributed by atoms with Crippen LogP contribution in [0.2, 0.25) is 0 Å². The van der Waals surface area contributed by atoms with Gasteiger partial charge in [0.2, 0.25) is 0 Å². The molecule has 1 aromatic heterocycles. The fourth-order valence-electron chi connectivity index (χ4n) is 3.15. The van der Waals surface area contributed by atoms with E-state index in [0.717, 1.165) is 30.2 Å². The number of hydrazine groups is 1. The second-order valence-electron chi connectivity index (χ2n) is 5.94. The highest BCUT2D eigenvalue weighted by atomic mass is 19.1. The number of nitrogens with one attached hydrogen (secondary N) is 1. The lowest BCUT2D eigenvalue weighted by molar-refractivity contribution is 0.393. The Labute approximate surface area is 158 Å². The minimum absolute atomic E-state index is 0.207. The van der Waals surface area contributed by atoms with Crippen molar-refractivity contribution in [2.24, 2.45) is 16.7 Å². The summed E-state index contributed by atoms with van der Waals surface area (Å²) in [5, 5.41) is 7.73. The molecule has 0 amide bonds. The van der Waals surface area contributed by atoms with Crippen molar-refractivity contribution in [1.29, 1.82) is 0 Å². The summed E-state index contributed by atoms with van der Waals surface area (Å²) in [6.45, 7) is 10.7. The summed E-state index contributed by atoms with van der Waals surface area (Å²) in [5.74, 6) is 5.86. The number of hydrogen-bond donors (Lipinski definition) is 3. The Kier molecular flexibility index (Phi) is 7.00. The van der Waals surface area contributed by atoms with Gasteiger partial charge in [-0.15, -0.1) is 5.10 Å². The zero-order chi connectivity index (χ0) is 20.0. The molecule has 2 aromatic rings. The van der Waals surface area contributed by atoms with Crippen molar-refractivity contribution in [3.63, 3.8) is 0 Å². The summed E-state index contributed by atoms with van der Waals surface area (Å²) in [6.07, 6.45) is 0. The molecule has 0 bridgehead atoms. The number of amidine groups is 1. The molecule has 0 radical (unpaired) electrons. The molecule has 0 saturated carbocycles. The second-order valence-corrected chi connectivity index (χ2v) is 5.94. The summed E-state index contributed by atoms with van der Waals surface area (Å²) in [4.78, 5) is 4.21. The molecule has 0 unspecified atom stereocenters. The molecule has 9 heteroatoms. The largest absolute Gasteiger partial charge is 0.382 e. The smallest absolute Gasteiger partial charge is 0.157 e. The van der Waals surface area contributed by atoms with E-state index in [1.54, 1.807) is 12.1 Å². The third kappa shape index (κ3) is 4.48. The lowest BCUT2D eigenvalue weighted by atomic mass is 10.1. The number of halogens is 1. The van der Waals surface area contributed by atoms with Gasteiger partial charge in [0.25, 0.3) is 0 Å². The molecule has 3 rings (SSSR count). The first kappa shape index (κ1) is 20.5. The van der Waals surface area contributed by atoms with Crippen LogP contribution in [0.25, 0.3) is 0 Å². The number of aromatic nitrogens is 1. The highest BCUT2D eigenvalue weighted by Crippen LogP contribution is 2.28. The van der Waals surface area contributed by atoms with Crippen LogP contribution < -0.4 is 26.9 Å². The summed E-state index contributed by atoms with van der Waals surface area (Å²) in [7, 11) is 0. The van der Waals surface area contributed by atoms with Gasteiger partial charge in [0.15, 0.2) is 11.6 Å². The third-order valence-corrected chi connectivity index (χ3v) is 4.36.